The molecule has 0 atom stereocenters. The minimum atomic E-state index is -3.46. The molecule has 1 aromatic carbocycles. The Morgan fingerprint density at radius 3 is 2.63 bits per heavy atom. The molecule has 0 radical (unpaired) electrons. The van der Waals surface area contributed by atoms with Gasteiger partial charge in [0.05, 0.1) is 16.0 Å². The van der Waals surface area contributed by atoms with Crippen LogP contribution in [-0.2, 0) is 14.8 Å². The van der Waals surface area contributed by atoms with Gasteiger partial charge in [-0.25, -0.2) is 23.4 Å². The summed E-state index contributed by atoms with van der Waals surface area (Å²) >= 11 is 1.53. The fraction of sp³-hybridized carbons (Fsp3) is 0.462. The molecule has 202 valence electrons. The average Bonchev–Trinajstić information content (AvgIpc) is 3.31. The van der Waals surface area contributed by atoms with E-state index in [1.807, 2.05) is 37.5 Å². The SMILES string of the molecule is Cc1cnc(N2CCC(Oc3nc4ccc(C5=CCN(S(=O)(=O)CCCC(=O)O)CC5)cc4s3)CC2)nc1. The number of aliphatic carboxylic acids is 1. The van der Waals surface area contributed by atoms with Crippen LogP contribution in [0.1, 0.15) is 43.2 Å². The minimum Gasteiger partial charge on any atom is -0.481 e. The van der Waals surface area contributed by atoms with Crippen molar-refractivity contribution in [2.75, 3.05) is 36.8 Å². The van der Waals surface area contributed by atoms with Crippen LogP contribution in [0.5, 0.6) is 5.19 Å². The number of hydrogen-bond donors (Lipinski definition) is 1. The Balaban J connectivity index is 1.18. The quantitative estimate of drug-likeness (QED) is 0.419. The highest BCUT2D eigenvalue weighted by Crippen LogP contribution is 2.33. The molecular formula is C26H31N5O5S2. The summed E-state index contributed by atoms with van der Waals surface area (Å²) in [6.45, 7) is 4.34. The molecular weight excluding hydrogens is 526 g/mol. The lowest BCUT2D eigenvalue weighted by Gasteiger charge is -2.31. The lowest BCUT2D eigenvalue weighted by Crippen LogP contribution is -2.39. The summed E-state index contributed by atoms with van der Waals surface area (Å²) in [7, 11) is -3.46. The molecule has 38 heavy (non-hydrogen) atoms. The number of aromatic nitrogens is 3. The topological polar surface area (TPSA) is 126 Å². The summed E-state index contributed by atoms with van der Waals surface area (Å²) in [4.78, 5) is 26.4. The molecule has 0 unspecified atom stereocenters. The van der Waals surface area contributed by atoms with Crippen molar-refractivity contribution in [3.05, 3.63) is 47.8 Å². The number of rotatable bonds is 9. The number of hydrogen-bond acceptors (Lipinski definition) is 9. The second-order valence-electron chi connectivity index (χ2n) is 9.68. The van der Waals surface area contributed by atoms with E-state index in [2.05, 4.69) is 25.9 Å². The third-order valence-corrected chi connectivity index (χ3v) is 9.69. The van der Waals surface area contributed by atoms with Crippen molar-refractivity contribution in [1.82, 2.24) is 19.3 Å². The number of ether oxygens (including phenoxy) is 1. The standard InChI is InChI=1S/C26H31N5O5S2/c1-18-16-27-25(28-17-18)30-10-8-21(9-11-30)36-26-29-22-5-4-20(15-23(22)37-26)19-6-12-31(13-7-19)38(34,35)14-2-3-24(32)33/h4-6,15-17,21H,2-3,7-14H2,1H3,(H,32,33). The van der Waals surface area contributed by atoms with Crippen LogP contribution in [-0.4, -0.2) is 76.8 Å². The van der Waals surface area contributed by atoms with Crippen LogP contribution in [0, 0.1) is 6.92 Å². The van der Waals surface area contributed by atoms with Crippen LogP contribution in [0.2, 0.25) is 0 Å². The number of fused-ring (bicyclic) bond motifs is 1. The molecule has 0 aliphatic carbocycles. The lowest BCUT2D eigenvalue weighted by molar-refractivity contribution is -0.137. The summed E-state index contributed by atoms with van der Waals surface area (Å²) in [5, 5.41) is 9.43. The van der Waals surface area contributed by atoms with Gasteiger partial charge in [0, 0.05) is 57.8 Å². The normalized spacial score (nSPS) is 17.5. The van der Waals surface area contributed by atoms with Gasteiger partial charge in [-0.2, -0.15) is 4.31 Å². The summed E-state index contributed by atoms with van der Waals surface area (Å²) in [6, 6.07) is 6.11. The van der Waals surface area contributed by atoms with Gasteiger partial charge in [-0.15, -0.1) is 0 Å². The van der Waals surface area contributed by atoms with Crippen molar-refractivity contribution < 1.29 is 23.1 Å². The predicted octanol–water partition coefficient (Wildman–Crippen LogP) is 3.73. The van der Waals surface area contributed by atoms with E-state index in [1.54, 1.807) is 0 Å². The van der Waals surface area contributed by atoms with Crippen LogP contribution in [0.15, 0.2) is 36.7 Å². The number of carbonyl (C=O) groups is 1. The Bertz CT molecular complexity index is 1430. The van der Waals surface area contributed by atoms with Crippen molar-refractivity contribution in [3.63, 3.8) is 0 Å². The molecule has 1 N–H and O–H groups in total. The summed E-state index contributed by atoms with van der Waals surface area (Å²) < 4.78 is 33.8. The molecule has 0 bridgehead atoms. The smallest absolute Gasteiger partial charge is 0.303 e. The molecule has 0 amide bonds. The minimum absolute atomic E-state index is 0.0983. The average molecular weight is 558 g/mol. The molecule has 12 heteroatoms. The maximum atomic E-state index is 12.5. The van der Waals surface area contributed by atoms with Crippen molar-refractivity contribution in [3.8, 4) is 5.19 Å². The van der Waals surface area contributed by atoms with E-state index in [9.17, 15) is 13.2 Å². The number of sulfonamides is 1. The fourth-order valence-electron chi connectivity index (χ4n) is 4.72. The molecule has 10 nitrogen and oxygen atoms in total. The van der Waals surface area contributed by atoms with Crippen molar-refractivity contribution >= 4 is 49.1 Å². The third kappa shape index (κ3) is 6.30. The first-order valence-corrected chi connectivity index (χ1v) is 15.2. The summed E-state index contributed by atoms with van der Waals surface area (Å²) in [5.41, 5.74) is 4.09. The zero-order valence-corrected chi connectivity index (χ0v) is 22.9. The third-order valence-electron chi connectivity index (χ3n) is 6.86. The molecule has 1 fully saturated rings. The van der Waals surface area contributed by atoms with Gasteiger partial charge in [0.25, 0.3) is 5.19 Å². The van der Waals surface area contributed by atoms with Crippen molar-refractivity contribution in [1.29, 1.82) is 0 Å². The first-order valence-electron chi connectivity index (χ1n) is 12.8. The van der Waals surface area contributed by atoms with Crippen LogP contribution < -0.4 is 9.64 Å². The van der Waals surface area contributed by atoms with E-state index >= 15 is 0 Å². The number of aryl methyl sites for hydroxylation is 1. The number of piperidine rings is 1. The lowest BCUT2D eigenvalue weighted by atomic mass is 10.0. The van der Waals surface area contributed by atoms with Crippen molar-refractivity contribution in [2.24, 2.45) is 0 Å². The maximum Gasteiger partial charge on any atom is 0.303 e. The molecule has 4 heterocycles. The highest BCUT2D eigenvalue weighted by Gasteiger charge is 2.25. The molecule has 2 aliphatic heterocycles. The van der Waals surface area contributed by atoms with Gasteiger partial charge >= 0.3 is 5.97 Å². The van der Waals surface area contributed by atoms with Crippen LogP contribution >= 0.6 is 11.3 Å². The Kier molecular flexibility index (Phi) is 7.91. The summed E-state index contributed by atoms with van der Waals surface area (Å²) in [5.74, 6) is -0.360. The van der Waals surface area contributed by atoms with Crippen LogP contribution in [0.3, 0.4) is 0 Å². The monoisotopic (exact) mass is 557 g/mol. The zero-order valence-electron chi connectivity index (χ0n) is 21.2. The number of benzene rings is 1. The largest absolute Gasteiger partial charge is 0.481 e. The van der Waals surface area contributed by atoms with Gasteiger partial charge in [-0.05, 0) is 48.6 Å². The maximum absolute atomic E-state index is 12.5. The Hall–Kier alpha value is -3.09. The Morgan fingerprint density at radius 1 is 1.18 bits per heavy atom. The Morgan fingerprint density at radius 2 is 1.95 bits per heavy atom. The van der Waals surface area contributed by atoms with Crippen LogP contribution in [0.4, 0.5) is 5.95 Å². The van der Waals surface area contributed by atoms with E-state index in [0.29, 0.717) is 24.7 Å². The van der Waals surface area contributed by atoms with E-state index in [4.69, 9.17) is 9.84 Å². The highest BCUT2D eigenvalue weighted by molar-refractivity contribution is 7.89. The predicted molar refractivity (Wildman–Crippen MR) is 147 cm³/mol. The number of anilines is 1. The molecule has 2 aliphatic rings. The van der Waals surface area contributed by atoms with Gasteiger partial charge in [0.15, 0.2) is 0 Å². The fourth-order valence-corrected chi connectivity index (χ4v) is 7.08. The second-order valence-corrected chi connectivity index (χ2v) is 12.8. The first kappa shape index (κ1) is 26.5. The molecule has 1 saturated heterocycles. The molecule has 5 rings (SSSR count). The van der Waals surface area contributed by atoms with Gasteiger partial charge < -0.3 is 14.7 Å². The van der Waals surface area contributed by atoms with E-state index in [1.165, 1.54) is 15.6 Å². The molecule has 0 saturated carbocycles. The zero-order chi connectivity index (χ0) is 26.7. The second kappa shape index (κ2) is 11.3. The highest BCUT2D eigenvalue weighted by atomic mass is 32.2. The van der Waals surface area contributed by atoms with Gasteiger partial charge in [0.1, 0.15) is 6.10 Å². The number of nitrogens with zero attached hydrogens (tertiary/aromatic N) is 5. The van der Waals surface area contributed by atoms with Crippen LogP contribution in [0.25, 0.3) is 15.8 Å². The summed E-state index contributed by atoms with van der Waals surface area (Å²) in [6.07, 6.45) is 8.06. The molecule has 0 spiro atoms. The van der Waals surface area contributed by atoms with Crippen molar-refractivity contribution in [2.45, 2.75) is 45.1 Å². The first-order chi connectivity index (χ1) is 18.3. The van der Waals surface area contributed by atoms with E-state index in [-0.39, 0.29) is 24.7 Å². The number of carboxylic acids is 1. The molecule has 2 aromatic heterocycles. The van der Waals surface area contributed by atoms with E-state index < -0.39 is 16.0 Å². The number of carboxylic acid groups (broad SMARTS) is 1. The Labute approximate surface area is 226 Å². The van der Waals surface area contributed by atoms with Gasteiger partial charge in [-0.1, -0.05) is 23.5 Å². The van der Waals surface area contributed by atoms with Gasteiger partial charge in [-0.3, -0.25) is 4.79 Å². The van der Waals surface area contributed by atoms with Gasteiger partial charge in [0.2, 0.25) is 16.0 Å². The van der Waals surface area contributed by atoms with E-state index in [0.717, 1.165) is 58.8 Å². The molecule has 3 aromatic rings. The number of thiazole rings is 1.